The first-order chi connectivity index (χ1) is 13.7. The van der Waals surface area contributed by atoms with E-state index in [2.05, 4.69) is 41.5 Å². The van der Waals surface area contributed by atoms with E-state index in [0.29, 0.717) is 18.2 Å². The minimum Gasteiger partial charge on any atom is -0.460 e. The summed E-state index contributed by atoms with van der Waals surface area (Å²) in [5, 5.41) is 3.57. The Hall–Kier alpha value is -2.92. The van der Waals surface area contributed by atoms with Crippen LogP contribution in [0.2, 0.25) is 0 Å². The first-order valence-corrected chi connectivity index (χ1v) is 9.77. The van der Waals surface area contributed by atoms with Crippen LogP contribution < -0.4 is 5.32 Å². The second kappa shape index (κ2) is 8.40. The molecule has 2 aromatic heterocycles. The number of furan rings is 1. The number of nitrogens with zero attached hydrogens (tertiary/aromatic N) is 2. The van der Waals surface area contributed by atoms with Crippen LogP contribution in [-0.4, -0.2) is 34.9 Å². The molecule has 1 aromatic carbocycles. The number of piperidine rings is 1. The highest BCUT2D eigenvalue weighted by Crippen LogP contribution is 2.23. The summed E-state index contributed by atoms with van der Waals surface area (Å²) in [7, 11) is 0. The molecule has 0 atom stereocenters. The average molecular weight is 375 g/mol. The molecule has 1 N–H and O–H groups in total. The number of carbonyl (C=O) groups excluding carboxylic acids is 1. The van der Waals surface area contributed by atoms with Crippen LogP contribution >= 0.6 is 0 Å². The van der Waals surface area contributed by atoms with E-state index in [-0.39, 0.29) is 5.91 Å². The maximum Gasteiger partial charge on any atom is 0.253 e. The first-order valence-electron chi connectivity index (χ1n) is 9.77. The molecule has 0 radical (unpaired) electrons. The lowest BCUT2D eigenvalue weighted by Gasteiger charge is -2.32. The van der Waals surface area contributed by atoms with Gasteiger partial charge in [-0.2, -0.15) is 0 Å². The molecule has 0 spiro atoms. The molecule has 1 aliphatic heterocycles. The maximum absolute atomic E-state index is 12.5. The zero-order valence-electron chi connectivity index (χ0n) is 16.1. The van der Waals surface area contributed by atoms with E-state index < -0.39 is 0 Å². The summed E-state index contributed by atoms with van der Waals surface area (Å²) < 4.78 is 5.98. The lowest BCUT2D eigenvalue weighted by Crippen LogP contribution is -2.44. The first kappa shape index (κ1) is 18.4. The number of nitrogens with one attached hydrogen (secondary N) is 1. The van der Waals surface area contributed by atoms with Crippen LogP contribution in [0.5, 0.6) is 0 Å². The van der Waals surface area contributed by atoms with Crippen LogP contribution in [-0.2, 0) is 6.54 Å². The summed E-state index contributed by atoms with van der Waals surface area (Å²) in [6.45, 7) is 4.32. The lowest BCUT2D eigenvalue weighted by atomic mass is 10.0. The zero-order chi connectivity index (χ0) is 19.3. The van der Waals surface area contributed by atoms with E-state index in [0.717, 1.165) is 43.0 Å². The number of aryl methyl sites for hydroxylation is 1. The number of hydrogen-bond donors (Lipinski definition) is 1. The molecular weight excluding hydrogens is 350 g/mol. The van der Waals surface area contributed by atoms with Crippen molar-refractivity contribution in [3.8, 4) is 11.3 Å². The van der Waals surface area contributed by atoms with Crippen molar-refractivity contribution in [3.63, 3.8) is 0 Å². The predicted molar refractivity (Wildman–Crippen MR) is 109 cm³/mol. The molecule has 0 unspecified atom stereocenters. The maximum atomic E-state index is 12.5. The highest BCUT2D eigenvalue weighted by Gasteiger charge is 2.23. The number of benzene rings is 1. The van der Waals surface area contributed by atoms with Crippen molar-refractivity contribution in [3.05, 3.63) is 77.8 Å². The van der Waals surface area contributed by atoms with Gasteiger partial charge in [0.1, 0.15) is 11.5 Å². The van der Waals surface area contributed by atoms with Crippen LogP contribution in [0.3, 0.4) is 0 Å². The van der Waals surface area contributed by atoms with Crippen molar-refractivity contribution in [1.82, 2.24) is 15.2 Å². The van der Waals surface area contributed by atoms with Gasteiger partial charge in [0.2, 0.25) is 0 Å². The smallest absolute Gasteiger partial charge is 0.253 e. The fourth-order valence-electron chi connectivity index (χ4n) is 3.55. The highest BCUT2D eigenvalue weighted by molar-refractivity contribution is 5.94. The van der Waals surface area contributed by atoms with Crippen molar-refractivity contribution < 1.29 is 9.21 Å². The second-order valence-corrected chi connectivity index (χ2v) is 7.32. The molecular formula is C23H25N3O2. The summed E-state index contributed by atoms with van der Waals surface area (Å²) in [6.07, 6.45) is 5.22. The van der Waals surface area contributed by atoms with Gasteiger partial charge in [-0.25, -0.2) is 0 Å². The third-order valence-corrected chi connectivity index (χ3v) is 5.27. The van der Waals surface area contributed by atoms with Crippen LogP contribution in [0.15, 0.2) is 65.3 Å². The van der Waals surface area contributed by atoms with Gasteiger partial charge in [-0.3, -0.25) is 9.78 Å². The van der Waals surface area contributed by atoms with Gasteiger partial charge in [0.25, 0.3) is 5.91 Å². The fourth-order valence-corrected chi connectivity index (χ4v) is 3.55. The van der Waals surface area contributed by atoms with E-state index in [4.69, 9.17) is 4.42 Å². The van der Waals surface area contributed by atoms with Gasteiger partial charge >= 0.3 is 0 Å². The normalized spacial score (nSPS) is 15.0. The Morgan fingerprint density at radius 3 is 2.50 bits per heavy atom. The predicted octanol–water partition coefficient (Wildman–Crippen LogP) is 4.04. The third kappa shape index (κ3) is 4.31. The fraction of sp³-hybridized carbons (Fsp3) is 0.304. The Bertz CT molecular complexity index is 911. The Kier molecular flexibility index (Phi) is 5.53. The summed E-state index contributed by atoms with van der Waals surface area (Å²) in [5.41, 5.74) is 3.05. The van der Waals surface area contributed by atoms with Gasteiger partial charge in [0.15, 0.2) is 0 Å². The molecule has 0 saturated carbocycles. The van der Waals surface area contributed by atoms with Crippen LogP contribution in [0, 0.1) is 6.92 Å². The third-order valence-electron chi connectivity index (χ3n) is 5.27. The van der Waals surface area contributed by atoms with Gasteiger partial charge in [-0.1, -0.05) is 29.8 Å². The molecule has 5 nitrogen and oxygen atoms in total. The van der Waals surface area contributed by atoms with Crippen molar-refractivity contribution in [1.29, 1.82) is 0 Å². The molecule has 144 valence electrons. The number of carbonyl (C=O) groups is 1. The Morgan fingerprint density at radius 1 is 1.07 bits per heavy atom. The topological polar surface area (TPSA) is 58.4 Å². The van der Waals surface area contributed by atoms with Gasteiger partial charge in [0.05, 0.1) is 6.54 Å². The molecule has 0 bridgehead atoms. The zero-order valence-corrected chi connectivity index (χ0v) is 16.1. The Labute approximate surface area is 165 Å². The monoisotopic (exact) mass is 375 g/mol. The van der Waals surface area contributed by atoms with E-state index >= 15 is 0 Å². The van der Waals surface area contributed by atoms with Crippen LogP contribution in [0.1, 0.15) is 34.5 Å². The lowest BCUT2D eigenvalue weighted by molar-refractivity contribution is 0.0704. The van der Waals surface area contributed by atoms with Crippen molar-refractivity contribution >= 4 is 5.91 Å². The summed E-state index contributed by atoms with van der Waals surface area (Å²) in [5.74, 6) is 1.93. The molecule has 1 saturated heterocycles. The molecule has 3 heterocycles. The van der Waals surface area contributed by atoms with Crippen molar-refractivity contribution in [2.75, 3.05) is 13.1 Å². The van der Waals surface area contributed by atoms with Crippen molar-refractivity contribution in [2.45, 2.75) is 32.4 Å². The molecule has 0 aliphatic carbocycles. The van der Waals surface area contributed by atoms with Gasteiger partial charge in [-0.05, 0) is 44.0 Å². The molecule has 3 aromatic rings. The number of pyridine rings is 1. The van der Waals surface area contributed by atoms with Gasteiger partial charge in [-0.15, -0.1) is 0 Å². The minimum absolute atomic E-state index is 0.0922. The molecule has 5 heteroatoms. The van der Waals surface area contributed by atoms with Crippen LogP contribution in [0.25, 0.3) is 11.3 Å². The number of amides is 1. The molecule has 4 rings (SSSR count). The average Bonchev–Trinajstić information content (AvgIpc) is 3.22. The number of hydrogen-bond acceptors (Lipinski definition) is 4. The van der Waals surface area contributed by atoms with E-state index in [1.54, 1.807) is 24.5 Å². The summed E-state index contributed by atoms with van der Waals surface area (Å²) >= 11 is 0. The quantitative estimate of drug-likeness (QED) is 0.731. The van der Waals surface area contributed by atoms with E-state index in [9.17, 15) is 4.79 Å². The Balaban J connectivity index is 1.27. The molecule has 1 aliphatic rings. The van der Waals surface area contributed by atoms with Gasteiger partial charge < -0.3 is 14.6 Å². The number of likely N-dealkylation sites (tertiary alicyclic amines) is 1. The molecule has 28 heavy (non-hydrogen) atoms. The summed E-state index contributed by atoms with van der Waals surface area (Å²) in [6, 6.07) is 16.4. The Morgan fingerprint density at radius 2 is 1.79 bits per heavy atom. The SMILES string of the molecule is Cc1ccc(-c2ccc(CNC3CCN(C(=O)c4ccncc4)CC3)o2)cc1. The largest absolute Gasteiger partial charge is 0.460 e. The number of rotatable bonds is 5. The van der Waals surface area contributed by atoms with E-state index in [1.807, 2.05) is 17.0 Å². The second-order valence-electron chi connectivity index (χ2n) is 7.32. The van der Waals surface area contributed by atoms with Crippen LogP contribution in [0.4, 0.5) is 0 Å². The molecule has 1 amide bonds. The van der Waals surface area contributed by atoms with E-state index in [1.165, 1.54) is 5.56 Å². The number of aromatic nitrogens is 1. The highest BCUT2D eigenvalue weighted by atomic mass is 16.3. The molecule has 1 fully saturated rings. The van der Waals surface area contributed by atoms with Gasteiger partial charge in [0, 0.05) is 42.7 Å². The summed E-state index contributed by atoms with van der Waals surface area (Å²) in [4.78, 5) is 18.4. The minimum atomic E-state index is 0.0922. The van der Waals surface area contributed by atoms with Crippen molar-refractivity contribution in [2.24, 2.45) is 0 Å². The standard InChI is InChI=1S/C23H25N3O2/c1-17-2-4-18(5-3-17)22-7-6-21(28-22)16-25-20-10-14-26(15-11-20)23(27)19-8-12-24-13-9-19/h2-9,12-13,20,25H,10-11,14-16H2,1H3.